The number of benzene rings is 7. The molecule has 0 aliphatic rings. The number of hydrogen-bond donors (Lipinski definition) is 0. The van der Waals surface area contributed by atoms with Crippen molar-refractivity contribution in [3.8, 4) is 0 Å². The van der Waals surface area contributed by atoms with Crippen molar-refractivity contribution in [2.45, 2.75) is 33.6 Å². The molecule has 7 aromatic carbocycles. The summed E-state index contributed by atoms with van der Waals surface area (Å²) in [7, 11) is 0. The van der Waals surface area contributed by atoms with E-state index in [0.29, 0.717) is 11.1 Å². The third-order valence-corrected chi connectivity index (χ3v) is 8.79. The van der Waals surface area contributed by atoms with Crippen molar-refractivity contribution in [2.75, 3.05) is 0 Å². The summed E-state index contributed by atoms with van der Waals surface area (Å²) >= 11 is 0. The molecule has 55 heavy (non-hydrogen) atoms. The van der Waals surface area contributed by atoms with E-state index >= 15 is 0 Å². The summed E-state index contributed by atoms with van der Waals surface area (Å²) in [6.45, 7) is 6.28. The molecular weight excluding hydrogens is 685 g/mol. The van der Waals surface area contributed by atoms with Gasteiger partial charge in [0.1, 0.15) is 5.76 Å². The van der Waals surface area contributed by atoms with Crippen LogP contribution in [-0.4, -0.2) is 21.5 Å². The van der Waals surface area contributed by atoms with Gasteiger partial charge < -0.3 is 4.42 Å². The fourth-order valence-electron chi connectivity index (χ4n) is 5.70. The molecule has 274 valence electrons. The summed E-state index contributed by atoms with van der Waals surface area (Å²) < 4.78 is 4.72. The van der Waals surface area contributed by atoms with Crippen molar-refractivity contribution >= 4 is 38.8 Å². The number of nitro groups is 1. The van der Waals surface area contributed by atoms with E-state index in [1.54, 1.807) is 30.5 Å². The number of fused-ring (bicyclic) bond motifs is 3. The van der Waals surface area contributed by atoms with Crippen molar-refractivity contribution in [1.29, 1.82) is 0 Å². The summed E-state index contributed by atoms with van der Waals surface area (Å²) in [6.07, 6.45) is 5.27. The van der Waals surface area contributed by atoms with Crippen molar-refractivity contribution in [1.82, 2.24) is 4.98 Å². The van der Waals surface area contributed by atoms with Crippen LogP contribution in [-0.2, 0) is 12.8 Å². The molecule has 1 aromatic heterocycles. The van der Waals surface area contributed by atoms with E-state index in [1.807, 2.05) is 73.7 Å². The molecule has 0 atom stereocenters. The van der Waals surface area contributed by atoms with Crippen molar-refractivity contribution in [2.24, 2.45) is 0 Å². The third kappa shape index (κ3) is 11.0. The highest BCUT2D eigenvalue weighted by atomic mass is 16.6. The fraction of sp³-hybridized carbons (Fsp3) is 0.104. The van der Waals surface area contributed by atoms with E-state index in [9.17, 15) is 19.7 Å². The number of ketones is 2. The van der Waals surface area contributed by atoms with Crippen LogP contribution >= 0.6 is 0 Å². The molecule has 0 saturated carbocycles. The highest BCUT2D eigenvalue weighted by molar-refractivity contribution is 6.10. The van der Waals surface area contributed by atoms with E-state index in [1.165, 1.54) is 63.3 Å². The molecule has 7 nitrogen and oxygen atoms in total. The van der Waals surface area contributed by atoms with E-state index in [2.05, 4.69) is 67.4 Å². The van der Waals surface area contributed by atoms with Crippen LogP contribution in [0.4, 0.5) is 5.69 Å². The largest absolute Gasteiger partial charge is 0.449 e. The maximum absolute atomic E-state index is 12.0. The van der Waals surface area contributed by atoms with Crippen LogP contribution in [0.25, 0.3) is 21.5 Å². The Morgan fingerprint density at radius 2 is 0.945 bits per heavy atom. The zero-order valence-electron chi connectivity index (χ0n) is 31.1. The first-order valence-corrected chi connectivity index (χ1v) is 18.1. The molecule has 8 aromatic rings. The number of aromatic nitrogens is 1. The Kier molecular flexibility index (Phi) is 14.1. The van der Waals surface area contributed by atoms with Gasteiger partial charge in [0.2, 0.25) is 0 Å². The van der Waals surface area contributed by atoms with E-state index in [4.69, 9.17) is 4.42 Å². The third-order valence-electron chi connectivity index (χ3n) is 8.79. The molecule has 8 rings (SSSR count). The minimum Gasteiger partial charge on any atom is -0.449 e. The van der Waals surface area contributed by atoms with Gasteiger partial charge in [-0.05, 0) is 64.6 Å². The van der Waals surface area contributed by atoms with Gasteiger partial charge in [-0.2, -0.15) is 0 Å². The molecule has 1 heterocycles. The molecule has 0 N–H and O–H groups in total. The molecule has 0 aliphatic carbocycles. The zero-order chi connectivity index (χ0) is 39.0. The Balaban J connectivity index is 0.000000148. The normalized spacial score (nSPS) is 10.2. The highest BCUT2D eigenvalue weighted by Gasteiger charge is 2.11. The number of carbonyl (C=O) groups is 2. The number of carbonyl (C=O) groups excluding carboxylic acids is 2. The Hall–Kier alpha value is -6.99. The van der Waals surface area contributed by atoms with Crippen molar-refractivity contribution < 1.29 is 18.9 Å². The van der Waals surface area contributed by atoms with Crippen LogP contribution in [0.15, 0.2) is 181 Å². The second-order valence-corrected chi connectivity index (χ2v) is 12.6. The Morgan fingerprint density at radius 3 is 1.25 bits per heavy atom. The standard InChI is InChI=1S/C18H18.C13H9NO3.C13H10O.C4H5NO/c1-3-13-5-7-15-9-10-16-8-6-14(4-2)12-18(16)17(15)11-13;15-13(10-4-2-1-3-5-10)11-6-8-12(9-7-11)14(16)17;14-13(11-7-3-1-4-8-11)12-9-5-2-6-10-12;1-4-2-5-3-6-4/h5-12H,3-4H2,1-2H3;1-9H;1-10H;2-3H,1H3. The van der Waals surface area contributed by atoms with Gasteiger partial charge in [0.25, 0.3) is 5.69 Å². The number of rotatable bonds is 7. The molecule has 7 heteroatoms. The topological polar surface area (TPSA) is 103 Å². The van der Waals surface area contributed by atoms with Gasteiger partial charge in [0.15, 0.2) is 18.0 Å². The molecule has 0 aliphatic heterocycles. The minimum absolute atomic E-state index is 0.0189. The Labute approximate surface area is 321 Å². The molecule has 0 amide bonds. The van der Waals surface area contributed by atoms with Gasteiger partial charge >= 0.3 is 0 Å². The summed E-state index contributed by atoms with van der Waals surface area (Å²) in [4.78, 5) is 37.4. The van der Waals surface area contributed by atoms with Crippen molar-refractivity contribution in [3.05, 3.63) is 226 Å². The lowest BCUT2D eigenvalue weighted by atomic mass is 9.97. The quantitative estimate of drug-likeness (QED) is 0.0701. The van der Waals surface area contributed by atoms with Gasteiger partial charge in [-0.3, -0.25) is 19.7 Å². The van der Waals surface area contributed by atoms with Crippen LogP contribution in [0.1, 0.15) is 62.6 Å². The average Bonchev–Trinajstić information content (AvgIpc) is 3.75. The lowest BCUT2D eigenvalue weighted by molar-refractivity contribution is -0.384. The molecule has 0 fully saturated rings. The van der Waals surface area contributed by atoms with Crippen LogP contribution < -0.4 is 0 Å². The number of non-ortho nitro benzene ring substituents is 1. The summed E-state index contributed by atoms with van der Waals surface area (Å²) in [6, 6.07) is 51.1. The molecule has 0 spiro atoms. The lowest BCUT2D eigenvalue weighted by Crippen LogP contribution is -2.00. The van der Waals surface area contributed by atoms with Crippen LogP contribution in [0.3, 0.4) is 0 Å². The predicted molar refractivity (Wildman–Crippen MR) is 221 cm³/mol. The minimum atomic E-state index is -0.489. The average molecular weight is 727 g/mol. The summed E-state index contributed by atoms with van der Waals surface area (Å²) in [5.41, 5.74) is 5.30. The monoisotopic (exact) mass is 726 g/mol. The smallest absolute Gasteiger partial charge is 0.269 e. The van der Waals surface area contributed by atoms with Crippen LogP contribution in [0.5, 0.6) is 0 Å². The van der Waals surface area contributed by atoms with Gasteiger partial charge in [-0.1, -0.05) is 153 Å². The Morgan fingerprint density at radius 1 is 0.564 bits per heavy atom. The number of oxazole rings is 1. The van der Waals surface area contributed by atoms with E-state index < -0.39 is 4.92 Å². The van der Waals surface area contributed by atoms with E-state index in [0.717, 1.165) is 29.7 Å². The second-order valence-electron chi connectivity index (χ2n) is 12.6. The van der Waals surface area contributed by atoms with Crippen LogP contribution in [0.2, 0.25) is 0 Å². The van der Waals surface area contributed by atoms with Gasteiger partial charge in [-0.15, -0.1) is 0 Å². The van der Waals surface area contributed by atoms with Gasteiger partial charge in [0, 0.05) is 34.4 Å². The number of aryl methyl sites for hydroxylation is 3. The first-order valence-electron chi connectivity index (χ1n) is 18.1. The second kappa shape index (κ2) is 19.7. The molecule has 0 saturated heterocycles. The first-order chi connectivity index (χ1) is 26.8. The first kappa shape index (κ1) is 39.2. The molecular formula is C48H42N2O5. The summed E-state index contributed by atoms with van der Waals surface area (Å²) in [5.74, 6) is 0.793. The molecule has 0 radical (unpaired) electrons. The maximum atomic E-state index is 12.0. The zero-order valence-corrected chi connectivity index (χ0v) is 31.1. The lowest BCUT2D eigenvalue weighted by Gasteiger charge is -2.07. The van der Waals surface area contributed by atoms with Crippen LogP contribution in [0, 0.1) is 17.0 Å². The van der Waals surface area contributed by atoms with E-state index in [-0.39, 0.29) is 17.3 Å². The van der Waals surface area contributed by atoms with Crippen molar-refractivity contribution in [3.63, 3.8) is 0 Å². The Bertz CT molecular complexity index is 2340. The number of nitrogens with zero attached hydrogens (tertiary/aromatic N) is 2. The number of nitro benzene ring substituents is 1. The SMILES string of the molecule is CCc1ccc2ccc3ccc(CC)cc3c2c1.Cc1cnco1.O=C(c1ccccc1)c1ccc([N+](=O)[O-])cc1.O=C(c1ccccc1)c1ccccc1. The fourth-order valence-corrected chi connectivity index (χ4v) is 5.70. The van der Waals surface area contributed by atoms with Gasteiger partial charge in [0.05, 0.1) is 11.1 Å². The summed E-state index contributed by atoms with van der Waals surface area (Å²) in [5, 5.41) is 15.9. The molecule has 0 bridgehead atoms. The predicted octanol–water partition coefficient (Wildman–Crippen LogP) is 11.8. The maximum Gasteiger partial charge on any atom is 0.269 e. The highest BCUT2D eigenvalue weighted by Crippen LogP contribution is 2.27. The van der Waals surface area contributed by atoms with Gasteiger partial charge in [-0.25, -0.2) is 4.98 Å². The molecule has 0 unspecified atom stereocenters. The number of hydrogen-bond acceptors (Lipinski definition) is 6.